The fraction of sp³-hybridized carbons (Fsp3) is 0.375. The number of para-hydroxylation sites is 1. The number of benzene rings is 1. The molecule has 1 aliphatic rings. The summed E-state index contributed by atoms with van der Waals surface area (Å²) in [6.45, 7) is 6.57. The SMILES string of the molecule is C=CCNc1nc(C2CCNCC2)nc2ccccc12. The van der Waals surface area contributed by atoms with Gasteiger partial charge in [0.25, 0.3) is 0 Å². The summed E-state index contributed by atoms with van der Waals surface area (Å²) in [5.41, 5.74) is 1.02. The number of rotatable bonds is 4. The van der Waals surface area contributed by atoms with Crippen molar-refractivity contribution in [1.29, 1.82) is 0 Å². The number of hydrogen-bond donors (Lipinski definition) is 2. The first-order chi connectivity index (χ1) is 9.88. The summed E-state index contributed by atoms with van der Waals surface area (Å²) in [6.07, 6.45) is 4.07. The molecule has 2 heterocycles. The molecule has 0 bridgehead atoms. The fourth-order valence-corrected chi connectivity index (χ4v) is 2.66. The van der Waals surface area contributed by atoms with Crippen LogP contribution in [0.5, 0.6) is 0 Å². The number of anilines is 1. The molecule has 0 radical (unpaired) electrons. The summed E-state index contributed by atoms with van der Waals surface area (Å²) in [7, 11) is 0. The van der Waals surface area contributed by atoms with Crippen LogP contribution in [-0.4, -0.2) is 29.6 Å². The highest BCUT2D eigenvalue weighted by atomic mass is 15.0. The monoisotopic (exact) mass is 268 g/mol. The Hall–Kier alpha value is -1.94. The predicted octanol–water partition coefficient (Wildman–Crippen LogP) is 2.69. The van der Waals surface area contributed by atoms with Crippen LogP contribution >= 0.6 is 0 Å². The van der Waals surface area contributed by atoms with Gasteiger partial charge in [-0.25, -0.2) is 9.97 Å². The lowest BCUT2D eigenvalue weighted by atomic mass is 9.97. The average molecular weight is 268 g/mol. The van der Waals surface area contributed by atoms with Crippen molar-refractivity contribution in [2.24, 2.45) is 0 Å². The Morgan fingerprint density at radius 1 is 1.25 bits per heavy atom. The molecule has 1 fully saturated rings. The number of nitrogens with zero attached hydrogens (tertiary/aromatic N) is 2. The van der Waals surface area contributed by atoms with E-state index in [4.69, 9.17) is 9.97 Å². The van der Waals surface area contributed by atoms with Gasteiger partial charge in [0.15, 0.2) is 0 Å². The maximum Gasteiger partial charge on any atom is 0.137 e. The molecule has 1 aliphatic heterocycles. The van der Waals surface area contributed by atoms with Crippen molar-refractivity contribution in [3.8, 4) is 0 Å². The number of piperidine rings is 1. The molecule has 0 atom stereocenters. The third-order valence-electron chi connectivity index (χ3n) is 3.74. The van der Waals surface area contributed by atoms with Crippen molar-refractivity contribution in [2.45, 2.75) is 18.8 Å². The van der Waals surface area contributed by atoms with Crippen molar-refractivity contribution >= 4 is 16.7 Å². The lowest BCUT2D eigenvalue weighted by Gasteiger charge is -2.22. The van der Waals surface area contributed by atoms with Gasteiger partial charge in [-0.1, -0.05) is 18.2 Å². The topological polar surface area (TPSA) is 49.8 Å². The van der Waals surface area contributed by atoms with Gasteiger partial charge in [0, 0.05) is 17.8 Å². The van der Waals surface area contributed by atoms with Crippen LogP contribution in [0, 0.1) is 0 Å². The zero-order valence-corrected chi connectivity index (χ0v) is 11.6. The lowest BCUT2D eigenvalue weighted by Crippen LogP contribution is -2.27. The van der Waals surface area contributed by atoms with Crippen molar-refractivity contribution in [1.82, 2.24) is 15.3 Å². The number of aromatic nitrogens is 2. The van der Waals surface area contributed by atoms with Gasteiger partial charge in [-0.3, -0.25) is 0 Å². The Kier molecular flexibility index (Phi) is 3.92. The summed E-state index contributed by atoms with van der Waals surface area (Å²) in [6, 6.07) is 8.17. The molecule has 2 N–H and O–H groups in total. The summed E-state index contributed by atoms with van der Waals surface area (Å²) in [4.78, 5) is 9.53. The molecule has 1 aromatic carbocycles. The third kappa shape index (κ3) is 2.65. The molecule has 0 aliphatic carbocycles. The van der Waals surface area contributed by atoms with Crippen molar-refractivity contribution in [3.63, 3.8) is 0 Å². The van der Waals surface area contributed by atoms with Gasteiger partial charge >= 0.3 is 0 Å². The molecule has 0 unspecified atom stereocenters. The zero-order chi connectivity index (χ0) is 13.8. The molecular formula is C16H20N4. The molecular weight excluding hydrogens is 248 g/mol. The van der Waals surface area contributed by atoms with E-state index in [2.05, 4.69) is 29.3 Å². The highest BCUT2D eigenvalue weighted by Gasteiger charge is 2.19. The molecule has 3 rings (SSSR count). The van der Waals surface area contributed by atoms with Crippen LogP contribution in [0.3, 0.4) is 0 Å². The van der Waals surface area contributed by atoms with Gasteiger partial charge in [-0.05, 0) is 38.1 Å². The van der Waals surface area contributed by atoms with Crippen LogP contribution in [0.25, 0.3) is 10.9 Å². The van der Waals surface area contributed by atoms with Crippen LogP contribution in [-0.2, 0) is 0 Å². The molecule has 2 aromatic rings. The molecule has 0 saturated carbocycles. The molecule has 1 saturated heterocycles. The zero-order valence-electron chi connectivity index (χ0n) is 11.6. The Balaban J connectivity index is 2.01. The van der Waals surface area contributed by atoms with E-state index in [-0.39, 0.29) is 0 Å². The first-order valence-corrected chi connectivity index (χ1v) is 7.20. The van der Waals surface area contributed by atoms with E-state index in [1.807, 2.05) is 18.2 Å². The highest BCUT2D eigenvalue weighted by molar-refractivity contribution is 5.89. The van der Waals surface area contributed by atoms with E-state index in [0.29, 0.717) is 12.5 Å². The second-order valence-electron chi connectivity index (χ2n) is 5.14. The van der Waals surface area contributed by atoms with E-state index in [0.717, 1.165) is 48.5 Å². The molecule has 104 valence electrons. The Morgan fingerprint density at radius 2 is 2.05 bits per heavy atom. The Labute approximate surface area is 119 Å². The summed E-state index contributed by atoms with van der Waals surface area (Å²) < 4.78 is 0. The molecule has 0 spiro atoms. The Bertz CT molecular complexity index is 602. The fourth-order valence-electron chi connectivity index (χ4n) is 2.66. The lowest BCUT2D eigenvalue weighted by molar-refractivity contribution is 0.446. The minimum atomic E-state index is 0.463. The van der Waals surface area contributed by atoms with Crippen molar-refractivity contribution < 1.29 is 0 Å². The quantitative estimate of drug-likeness (QED) is 0.837. The van der Waals surface area contributed by atoms with E-state index < -0.39 is 0 Å². The van der Waals surface area contributed by atoms with Crippen molar-refractivity contribution in [2.75, 3.05) is 25.0 Å². The van der Waals surface area contributed by atoms with Gasteiger partial charge in [-0.2, -0.15) is 0 Å². The number of nitrogens with one attached hydrogen (secondary N) is 2. The largest absolute Gasteiger partial charge is 0.366 e. The molecule has 20 heavy (non-hydrogen) atoms. The smallest absolute Gasteiger partial charge is 0.137 e. The summed E-state index contributed by atoms with van der Waals surface area (Å²) >= 11 is 0. The first-order valence-electron chi connectivity index (χ1n) is 7.20. The maximum atomic E-state index is 4.76. The average Bonchev–Trinajstić information content (AvgIpc) is 2.53. The van der Waals surface area contributed by atoms with Crippen LogP contribution in [0.15, 0.2) is 36.9 Å². The van der Waals surface area contributed by atoms with E-state index >= 15 is 0 Å². The van der Waals surface area contributed by atoms with E-state index in [1.165, 1.54) is 0 Å². The third-order valence-corrected chi connectivity index (χ3v) is 3.74. The predicted molar refractivity (Wildman–Crippen MR) is 83.1 cm³/mol. The van der Waals surface area contributed by atoms with Crippen molar-refractivity contribution in [3.05, 3.63) is 42.7 Å². The van der Waals surface area contributed by atoms with Gasteiger partial charge in [0.1, 0.15) is 11.6 Å². The molecule has 1 aromatic heterocycles. The molecule has 4 heteroatoms. The standard InChI is InChI=1S/C16H20N4/c1-2-9-18-16-13-5-3-4-6-14(13)19-15(20-16)12-7-10-17-11-8-12/h2-6,12,17H,1,7-11H2,(H,18,19,20). The number of hydrogen-bond acceptors (Lipinski definition) is 4. The van der Waals surface area contributed by atoms with Crippen LogP contribution < -0.4 is 10.6 Å². The second kappa shape index (κ2) is 6.01. The summed E-state index contributed by atoms with van der Waals surface area (Å²) in [5.74, 6) is 2.35. The first kappa shape index (κ1) is 13.1. The van der Waals surface area contributed by atoms with Gasteiger partial charge in [0.2, 0.25) is 0 Å². The second-order valence-corrected chi connectivity index (χ2v) is 5.14. The van der Waals surface area contributed by atoms with E-state index in [9.17, 15) is 0 Å². The minimum absolute atomic E-state index is 0.463. The molecule has 4 nitrogen and oxygen atoms in total. The van der Waals surface area contributed by atoms with Gasteiger partial charge in [0.05, 0.1) is 5.52 Å². The van der Waals surface area contributed by atoms with E-state index in [1.54, 1.807) is 0 Å². The summed E-state index contributed by atoms with van der Waals surface area (Å²) in [5, 5.41) is 7.79. The van der Waals surface area contributed by atoms with Crippen LogP contribution in [0.4, 0.5) is 5.82 Å². The Morgan fingerprint density at radius 3 is 2.85 bits per heavy atom. The van der Waals surface area contributed by atoms with Crippen LogP contribution in [0.1, 0.15) is 24.6 Å². The van der Waals surface area contributed by atoms with Crippen LogP contribution in [0.2, 0.25) is 0 Å². The minimum Gasteiger partial charge on any atom is -0.366 e. The highest BCUT2D eigenvalue weighted by Crippen LogP contribution is 2.27. The molecule has 0 amide bonds. The van der Waals surface area contributed by atoms with Gasteiger partial charge < -0.3 is 10.6 Å². The van der Waals surface area contributed by atoms with Gasteiger partial charge in [-0.15, -0.1) is 6.58 Å². The maximum absolute atomic E-state index is 4.76. The normalized spacial score (nSPS) is 16.2. The number of fused-ring (bicyclic) bond motifs is 1.